The minimum absolute atomic E-state index is 0.126. The summed E-state index contributed by atoms with van der Waals surface area (Å²) in [5.41, 5.74) is 7.34. The number of likely N-dealkylation sites (N-methyl/N-ethyl adjacent to an activating group) is 1. The van der Waals surface area contributed by atoms with Gasteiger partial charge in [-0.2, -0.15) is 0 Å². The van der Waals surface area contributed by atoms with Gasteiger partial charge in [-0.15, -0.1) is 0 Å². The fourth-order valence-electron chi connectivity index (χ4n) is 4.82. The third kappa shape index (κ3) is 3.84. The Morgan fingerprint density at radius 2 is 1.56 bits per heavy atom. The van der Waals surface area contributed by atoms with Gasteiger partial charge in [0, 0.05) is 79.4 Å². The molecule has 0 unspecified atom stereocenters. The summed E-state index contributed by atoms with van der Waals surface area (Å²) in [7, 11) is 2.18. The third-order valence-corrected chi connectivity index (χ3v) is 7.19. The average Bonchev–Trinajstić information content (AvgIpc) is 3.27. The van der Waals surface area contributed by atoms with Gasteiger partial charge in [-0.1, -0.05) is 24.3 Å². The number of benzene rings is 2. The lowest BCUT2D eigenvalue weighted by Gasteiger charge is -2.34. The molecule has 0 spiro atoms. The molecule has 0 bridgehead atoms. The Balaban J connectivity index is 1.26. The van der Waals surface area contributed by atoms with Crippen LogP contribution in [-0.2, 0) is 0 Å². The summed E-state index contributed by atoms with van der Waals surface area (Å²) in [5, 5.41) is 1.09. The van der Waals surface area contributed by atoms with Gasteiger partial charge < -0.3 is 19.7 Å². The number of carbonyl (C=O) groups is 1. The summed E-state index contributed by atoms with van der Waals surface area (Å²) in [5.74, 6) is 0.126. The van der Waals surface area contributed by atoms with Crippen LogP contribution in [0.15, 0.2) is 67.0 Å². The van der Waals surface area contributed by atoms with Gasteiger partial charge >= 0.3 is 0 Å². The lowest BCUT2D eigenvalue weighted by molar-refractivity contribution is 0.0652. The van der Waals surface area contributed by atoms with Crippen molar-refractivity contribution in [2.24, 2.45) is 0 Å². The molecule has 2 saturated heterocycles. The molecule has 2 fully saturated rings. The standard InChI is InChI=1S/C28H29N5O/c1-31-13-15-32(16-14-31)24-9-7-20(8-10-24)23-17-25-26(19-30-27(25)29-18-23)21-3-5-22(6-4-21)28(34)33-11-2-12-33/h3-10,17-19H,2,11-16H2,1H3,(H,29,30). The number of aromatic amines is 1. The van der Waals surface area contributed by atoms with Crippen LogP contribution in [-0.4, -0.2) is 72.0 Å². The molecule has 2 aromatic carbocycles. The average molecular weight is 452 g/mol. The first-order valence-electron chi connectivity index (χ1n) is 12.1. The minimum atomic E-state index is 0.126. The maximum atomic E-state index is 12.5. The van der Waals surface area contributed by atoms with Crippen molar-refractivity contribution in [3.05, 3.63) is 72.6 Å². The number of pyridine rings is 1. The highest BCUT2D eigenvalue weighted by atomic mass is 16.2. The van der Waals surface area contributed by atoms with Crippen molar-refractivity contribution in [1.29, 1.82) is 0 Å². The second kappa shape index (κ2) is 8.61. The predicted molar refractivity (Wildman–Crippen MR) is 137 cm³/mol. The van der Waals surface area contributed by atoms with Crippen molar-refractivity contribution in [3.63, 3.8) is 0 Å². The SMILES string of the molecule is CN1CCN(c2ccc(-c3cnc4[nH]cc(-c5ccc(C(=O)N6CCC6)cc5)c4c3)cc2)CC1. The van der Waals surface area contributed by atoms with E-state index in [-0.39, 0.29) is 5.91 Å². The van der Waals surface area contributed by atoms with E-state index >= 15 is 0 Å². The van der Waals surface area contributed by atoms with E-state index in [9.17, 15) is 4.79 Å². The fourth-order valence-corrected chi connectivity index (χ4v) is 4.82. The van der Waals surface area contributed by atoms with Crippen LogP contribution in [0.1, 0.15) is 16.8 Å². The van der Waals surface area contributed by atoms with E-state index in [2.05, 4.69) is 57.1 Å². The van der Waals surface area contributed by atoms with Crippen LogP contribution in [0.5, 0.6) is 0 Å². The zero-order valence-electron chi connectivity index (χ0n) is 19.5. The van der Waals surface area contributed by atoms with Gasteiger partial charge in [-0.05, 0) is 54.9 Å². The fraction of sp³-hybridized carbons (Fsp3) is 0.286. The number of rotatable bonds is 4. The molecule has 6 rings (SSSR count). The molecule has 172 valence electrons. The van der Waals surface area contributed by atoms with E-state index in [1.54, 1.807) is 0 Å². The molecule has 2 aliphatic rings. The first-order valence-corrected chi connectivity index (χ1v) is 12.1. The van der Waals surface area contributed by atoms with Crippen molar-refractivity contribution >= 4 is 22.6 Å². The van der Waals surface area contributed by atoms with Crippen molar-refractivity contribution in [3.8, 4) is 22.3 Å². The molecular formula is C28H29N5O. The number of H-pyrrole nitrogens is 1. The molecule has 2 aromatic heterocycles. The van der Waals surface area contributed by atoms with Gasteiger partial charge in [0.2, 0.25) is 0 Å². The van der Waals surface area contributed by atoms with E-state index in [1.165, 1.54) is 5.69 Å². The predicted octanol–water partition coefficient (Wildman–Crippen LogP) is 4.49. The van der Waals surface area contributed by atoms with Crippen LogP contribution in [0.2, 0.25) is 0 Å². The largest absolute Gasteiger partial charge is 0.369 e. The quantitative estimate of drug-likeness (QED) is 0.497. The van der Waals surface area contributed by atoms with Gasteiger partial charge in [-0.3, -0.25) is 4.79 Å². The van der Waals surface area contributed by atoms with Crippen LogP contribution < -0.4 is 4.90 Å². The van der Waals surface area contributed by atoms with E-state index < -0.39 is 0 Å². The molecule has 4 heterocycles. The molecule has 4 aromatic rings. The second-order valence-corrected chi connectivity index (χ2v) is 9.38. The van der Waals surface area contributed by atoms with E-state index in [4.69, 9.17) is 0 Å². The normalized spacial score (nSPS) is 16.6. The molecule has 2 aliphatic heterocycles. The van der Waals surface area contributed by atoms with Gasteiger partial charge in [-0.25, -0.2) is 4.98 Å². The zero-order chi connectivity index (χ0) is 23.1. The number of fused-ring (bicyclic) bond motifs is 1. The summed E-state index contributed by atoms with van der Waals surface area (Å²) in [4.78, 5) is 27.2. The molecule has 0 atom stereocenters. The summed E-state index contributed by atoms with van der Waals surface area (Å²) in [6.07, 6.45) is 5.04. The smallest absolute Gasteiger partial charge is 0.253 e. The molecule has 6 nitrogen and oxygen atoms in total. The summed E-state index contributed by atoms with van der Waals surface area (Å²) < 4.78 is 0. The Labute approximate surface area is 199 Å². The number of amides is 1. The number of likely N-dealkylation sites (tertiary alicyclic amines) is 1. The Morgan fingerprint density at radius 1 is 0.853 bits per heavy atom. The first kappa shape index (κ1) is 20.9. The summed E-state index contributed by atoms with van der Waals surface area (Å²) in [6, 6.07) is 19.0. The monoisotopic (exact) mass is 451 g/mol. The maximum Gasteiger partial charge on any atom is 0.253 e. The number of nitrogens with zero attached hydrogens (tertiary/aromatic N) is 4. The lowest BCUT2D eigenvalue weighted by atomic mass is 10.0. The Bertz CT molecular complexity index is 1310. The van der Waals surface area contributed by atoms with Gasteiger partial charge in [0.15, 0.2) is 0 Å². The van der Waals surface area contributed by atoms with Crippen molar-refractivity contribution in [1.82, 2.24) is 19.8 Å². The lowest BCUT2D eigenvalue weighted by Crippen LogP contribution is -2.44. The van der Waals surface area contributed by atoms with Crippen LogP contribution >= 0.6 is 0 Å². The molecule has 34 heavy (non-hydrogen) atoms. The first-order chi connectivity index (χ1) is 16.7. The number of hydrogen-bond donors (Lipinski definition) is 1. The van der Waals surface area contributed by atoms with Crippen LogP contribution in [0, 0.1) is 0 Å². The van der Waals surface area contributed by atoms with Crippen LogP contribution in [0.25, 0.3) is 33.3 Å². The van der Waals surface area contributed by atoms with Crippen molar-refractivity contribution in [2.75, 3.05) is 51.2 Å². The Kier molecular flexibility index (Phi) is 5.30. The highest BCUT2D eigenvalue weighted by Gasteiger charge is 2.21. The minimum Gasteiger partial charge on any atom is -0.369 e. The molecule has 0 saturated carbocycles. The number of anilines is 1. The molecular weight excluding hydrogens is 422 g/mol. The van der Waals surface area contributed by atoms with E-state index in [1.807, 2.05) is 41.6 Å². The Morgan fingerprint density at radius 3 is 2.24 bits per heavy atom. The van der Waals surface area contributed by atoms with Crippen molar-refractivity contribution < 1.29 is 4.79 Å². The topological polar surface area (TPSA) is 55.5 Å². The number of piperazine rings is 1. The molecule has 1 amide bonds. The molecule has 0 aliphatic carbocycles. The number of carbonyl (C=O) groups excluding carboxylic acids is 1. The number of aromatic nitrogens is 2. The van der Waals surface area contributed by atoms with E-state index in [0.717, 1.165) is 84.5 Å². The summed E-state index contributed by atoms with van der Waals surface area (Å²) >= 11 is 0. The van der Waals surface area contributed by atoms with Gasteiger partial charge in [0.05, 0.1) is 0 Å². The second-order valence-electron chi connectivity index (χ2n) is 9.38. The van der Waals surface area contributed by atoms with Gasteiger partial charge in [0.25, 0.3) is 5.91 Å². The maximum absolute atomic E-state index is 12.5. The molecule has 6 heteroatoms. The molecule has 0 radical (unpaired) electrons. The third-order valence-electron chi connectivity index (χ3n) is 7.19. The van der Waals surface area contributed by atoms with Crippen molar-refractivity contribution in [2.45, 2.75) is 6.42 Å². The molecule has 1 N–H and O–H groups in total. The number of hydrogen-bond acceptors (Lipinski definition) is 4. The highest BCUT2D eigenvalue weighted by Crippen LogP contribution is 2.32. The highest BCUT2D eigenvalue weighted by molar-refractivity contribution is 5.98. The van der Waals surface area contributed by atoms with Crippen LogP contribution in [0.3, 0.4) is 0 Å². The zero-order valence-corrected chi connectivity index (χ0v) is 19.5. The summed E-state index contributed by atoms with van der Waals surface area (Å²) in [6.45, 7) is 6.08. The van der Waals surface area contributed by atoms with Gasteiger partial charge in [0.1, 0.15) is 5.65 Å². The van der Waals surface area contributed by atoms with E-state index in [0.29, 0.717) is 0 Å². The number of nitrogens with one attached hydrogen (secondary N) is 1. The Hall–Kier alpha value is -3.64. The van der Waals surface area contributed by atoms with Crippen LogP contribution in [0.4, 0.5) is 5.69 Å².